The largest absolute Gasteiger partial charge is 0.461 e. The minimum atomic E-state index is -0.496. The van der Waals surface area contributed by atoms with Crippen molar-refractivity contribution >= 4 is 23.3 Å². The van der Waals surface area contributed by atoms with Crippen molar-refractivity contribution < 1.29 is 19.1 Å². The molecule has 0 aliphatic carbocycles. The molecule has 1 aliphatic rings. The Hall–Kier alpha value is -2.83. The monoisotopic (exact) mass is 371 g/mol. The van der Waals surface area contributed by atoms with Gasteiger partial charge in [0.05, 0.1) is 6.61 Å². The first-order valence-electron chi connectivity index (χ1n) is 9.10. The molecule has 0 saturated carbocycles. The molecule has 2 aromatic heterocycles. The summed E-state index contributed by atoms with van der Waals surface area (Å²) >= 11 is 0. The van der Waals surface area contributed by atoms with E-state index in [1.54, 1.807) is 18.0 Å². The van der Waals surface area contributed by atoms with Crippen LogP contribution in [0, 0.1) is 0 Å². The molecule has 0 bridgehead atoms. The molecule has 1 amide bonds. The van der Waals surface area contributed by atoms with Crippen LogP contribution in [0.3, 0.4) is 0 Å². The molecule has 2 aromatic rings. The van der Waals surface area contributed by atoms with Crippen LogP contribution < -0.4 is 0 Å². The number of imidazole rings is 1. The smallest absolute Gasteiger partial charge is 0.410 e. The van der Waals surface area contributed by atoms with Crippen LogP contribution in [0.2, 0.25) is 0 Å². The van der Waals surface area contributed by atoms with E-state index in [1.807, 2.05) is 49.6 Å². The van der Waals surface area contributed by atoms with Crippen molar-refractivity contribution in [3.8, 4) is 0 Å². The molecule has 0 spiro atoms. The third-order valence-corrected chi connectivity index (χ3v) is 4.17. The SMILES string of the molecule is CCOC(=O)c1cn2cc(C3=CCN(C(=O)OC(C)(C)C)CC3)ccc2n1. The zero-order valence-corrected chi connectivity index (χ0v) is 16.2. The molecule has 0 N–H and O–H groups in total. The van der Waals surface area contributed by atoms with E-state index >= 15 is 0 Å². The molecule has 1 aliphatic heterocycles. The highest BCUT2D eigenvalue weighted by Crippen LogP contribution is 2.24. The molecular formula is C20H25N3O4. The first-order valence-corrected chi connectivity index (χ1v) is 9.10. The maximum atomic E-state index is 12.2. The summed E-state index contributed by atoms with van der Waals surface area (Å²) in [4.78, 5) is 30.0. The molecule has 0 unspecified atom stereocenters. The van der Waals surface area contributed by atoms with Gasteiger partial charge >= 0.3 is 12.1 Å². The molecule has 0 aromatic carbocycles. The van der Waals surface area contributed by atoms with Gasteiger partial charge in [0.15, 0.2) is 5.69 Å². The fourth-order valence-corrected chi connectivity index (χ4v) is 2.91. The molecule has 3 heterocycles. The Labute approximate surface area is 158 Å². The van der Waals surface area contributed by atoms with Crippen LogP contribution in [-0.2, 0) is 9.47 Å². The van der Waals surface area contributed by atoms with Gasteiger partial charge in [0.1, 0.15) is 11.2 Å². The Morgan fingerprint density at radius 2 is 2.00 bits per heavy atom. The van der Waals surface area contributed by atoms with E-state index in [9.17, 15) is 9.59 Å². The molecule has 0 fully saturated rings. The average Bonchev–Trinajstić information content (AvgIpc) is 3.04. The summed E-state index contributed by atoms with van der Waals surface area (Å²) in [6, 6.07) is 3.85. The van der Waals surface area contributed by atoms with Crippen LogP contribution in [0.1, 0.15) is 50.2 Å². The number of rotatable bonds is 3. The van der Waals surface area contributed by atoms with Crippen molar-refractivity contribution in [3.05, 3.63) is 41.9 Å². The molecular weight excluding hydrogens is 346 g/mol. The summed E-state index contributed by atoms with van der Waals surface area (Å²) < 4.78 is 12.2. The van der Waals surface area contributed by atoms with Gasteiger partial charge in [-0.25, -0.2) is 14.6 Å². The minimum Gasteiger partial charge on any atom is -0.461 e. The third-order valence-electron chi connectivity index (χ3n) is 4.17. The summed E-state index contributed by atoms with van der Waals surface area (Å²) in [6.45, 7) is 8.79. The van der Waals surface area contributed by atoms with Gasteiger partial charge in [-0.15, -0.1) is 0 Å². The number of carbonyl (C=O) groups is 2. The fourth-order valence-electron chi connectivity index (χ4n) is 2.91. The van der Waals surface area contributed by atoms with Gasteiger partial charge in [0, 0.05) is 25.5 Å². The molecule has 7 nitrogen and oxygen atoms in total. The number of ether oxygens (including phenoxy) is 2. The van der Waals surface area contributed by atoms with Gasteiger partial charge in [0.25, 0.3) is 0 Å². The van der Waals surface area contributed by atoms with Crippen LogP contribution in [0.5, 0.6) is 0 Å². The predicted molar refractivity (Wildman–Crippen MR) is 102 cm³/mol. The van der Waals surface area contributed by atoms with Crippen molar-refractivity contribution in [2.45, 2.75) is 39.7 Å². The number of nitrogens with zero attached hydrogens (tertiary/aromatic N) is 3. The first-order chi connectivity index (χ1) is 12.8. The van der Waals surface area contributed by atoms with Crippen molar-refractivity contribution in [2.75, 3.05) is 19.7 Å². The number of carbonyl (C=O) groups excluding carboxylic acids is 2. The molecule has 27 heavy (non-hydrogen) atoms. The van der Waals surface area contributed by atoms with E-state index < -0.39 is 11.6 Å². The molecule has 0 radical (unpaired) electrons. The topological polar surface area (TPSA) is 73.1 Å². The van der Waals surface area contributed by atoms with E-state index in [-0.39, 0.29) is 6.09 Å². The number of fused-ring (bicyclic) bond motifs is 1. The normalized spacial score (nSPS) is 14.8. The minimum absolute atomic E-state index is 0.290. The number of amides is 1. The maximum Gasteiger partial charge on any atom is 0.410 e. The Kier molecular flexibility index (Phi) is 5.21. The first kappa shape index (κ1) is 18.9. The quantitative estimate of drug-likeness (QED) is 0.772. The van der Waals surface area contributed by atoms with E-state index in [0.29, 0.717) is 31.0 Å². The lowest BCUT2D eigenvalue weighted by atomic mass is 10.0. The van der Waals surface area contributed by atoms with E-state index in [2.05, 4.69) is 4.98 Å². The highest BCUT2D eigenvalue weighted by atomic mass is 16.6. The van der Waals surface area contributed by atoms with E-state index in [1.165, 1.54) is 0 Å². The predicted octanol–water partition coefficient (Wildman–Crippen LogP) is 3.54. The van der Waals surface area contributed by atoms with Gasteiger partial charge in [-0.1, -0.05) is 6.08 Å². The summed E-state index contributed by atoms with van der Waals surface area (Å²) in [5, 5.41) is 0. The number of pyridine rings is 1. The third kappa shape index (κ3) is 4.48. The Bertz CT molecular complexity index is 892. The lowest BCUT2D eigenvalue weighted by Gasteiger charge is -2.29. The second kappa shape index (κ2) is 7.42. The van der Waals surface area contributed by atoms with Crippen molar-refractivity contribution in [2.24, 2.45) is 0 Å². The van der Waals surface area contributed by atoms with Crippen molar-refractivity contribution in [3.63, 3.8) is 0 Å². The standard InChI is InChI=1S/C20H25N3O4/c1-5-26-18(24)16-13-23-12-15(6-7-17(23)21-16)14-8-10-22(11-9-14)19(25)27-20(2,3)4/h6-8,12-13H,5,9-11H2,1-4H3. The number of aromatic nitrogens is 2. The lowest BCUT2D eigenvalue weighted by molar-refractivity contribution is 0.0270. The van der Waals surface area contributed by atoms with Gasteiger partial charge in [-0.05, 0) is 57.4 Å². The summed E-state index contributed by atoms with van der Waals surface area (Å²) in [6.07, 6.45) is 6.11. The Morgan fingerprint density at radius 1 is 1.22 bits per heavy atom. The molecule has 0 saturated heterocycles. The van der Waals surface area contributed by atoms with Crippen LogP contribution in [0.15, 0.2) is 30.6 Å². The Balaban J connectivity index is 1.74. The lowest BCUT2D eigenvalue weighted by Crippen LogP contribution is -2.39. The van der Waals surface area contributed by atoms with Crippen LogP contribution in [0.25, 0.3) is 11.2 Å². The summed E-state index contributed by atoms with van der Waals surface area (Å²) in [5.74, 6) is -0.423. The van der Waals surface area contributed by atoms with Crippen LogP contribution in [-0.4, -0.2) is 51.6 Å². The maximum absolute atomic E-state index is 12.2. The summed E-state index contributed by atoms with van der Waals surface area (Å²) in [7, 11) is 0. The van der Waals surface area contributed by atoms with Gasteiger partial charge in [-0.3, -0.25) is 0 Å². The molecule has 3 rings (SSSR count). The second-order valence-corrected chi connectivity index (χ2v) is 7.44. The van der Waals surface area contributed by atoms with Gasteiger partial charge < -0.3 is 18.8 Å². The van der Waals surface area contributed by atoms with Crippen molar-refractivity contribution in [1.29, 1.82) is 0 Å². The number of hydrogen-bond donors (Lipinski definition) is 0. The average molecular weight is 371 g/mol. The van der Waals surface area contributed by atoms with Crippen molar-refractivity contribution in [1.82, 2.24) is 14.3 Å². The summed E-state index contributed by atoms with van der Waals surface area (Å²) in [5.41, 5.74) is 2.68. The van der Waals surface area contributed by atoms with E-state index in [0.717, 1.165) is 17.6 Å². The highest BCUT2D eigenvalue weighted by Gasteiger charge is 2.24. The zero-order valence-electron chi connectivity index (χ0n) is 16.2. The molecule has 7 heteroatoms. The Morgan fingerprint density at radius 3 is 2.63 bits per heavy atom. The number of hydrogen-bond acceptors (Lipinski definition) is 5. The number of esters is 1. The van der Waals surface area contributed by atoms with Crippen LogP contribution >= 0.6 is 0 Å². The van der Waals surface area contributed by atoms with Gasteiger partial charge in [-0.2, -0.15) is 0 Å². The highest BCUT2D eigenvalue weighted by molar-refractivity contribution is 5.88. The second-order valence-electron chi connectivity index (χ2n) is 7.44. The van der Waals surface area contributed by atoms with Crippen LogP contribution in [0.4, 0.5) is 4.79 Å². The van der Waals surface area contributed by atoms with E-state index in [4.69, 9.17) is 9.47 Å². The van der Waals surface area contributed by atoms with Gasteiger partial charge in [0.2, 0.25) is 0 Å². The molecule has 144 valence electrons. The fraction of sp³-hybridized carbons (Fsp3) is 0.450. The molecule has 0 atom stereocenters. The zero-order chi connectivity index (χ0) is 19.6.